The monoisotopic (exact) mass is 320 g/mol. The summed E-state index contributed by atoms with van der Waals surface area (Å²) in [7, 11) is 5.47. The largest absolute Gasteiger partial charge is 0.493 e. The van der Waals surface area contributed by atoms with Crippen LogP contribution in [-0.2, 0) is 4.79 Å². The van der Waals surface area contributed by atoms with Crippen molar-refractivity contribution < 1.29 is 19.2 Å². The van der Waals surface area contributed by atoms with Crippen LogP contribution in [0.25, 0.3) is 0 Å². The second-order valence-electron chi connectivity index (χ2n) is 6.11. The number of quaternary nitrogens is 1. The first-order chi connectivity index (χ1) is 11.1. The highest BCUT2D eigenvalue weighted by Gasteiger charge is 2.18. The molecule has 0 bridgehead atoms. The summed E-state index contributed by atoms with van der Waals surface area (Å²) in [6.45, 7) is 0.385. The number of ether oxygens (including phenoxy) is 2. The Morgan fingerprint density at radius 1 is 1.35 bits per heavy atom. The van der Waals surface area contributed by atoms with Crippen LogP contribution in [0.5, 0.6) is 11.5 Å². The molecular formula is C17H26N3O3+. The van der Waals surface area contributed by atoms with Gasteiger partial charge in [0, 0.05) is 0 Å². The molecule has 6 heteroatoms. The minimum Gasteiger partial charge on any atom is -0.493 e. The van der Waals surface area contributed by atoms with Crippen LogP contribution in [0.4, 0.5) is 0 Å². The van der Waals surface area contributed by atoms with Crippen molar-refractivity contribution in [3.63, 3.8) is 0 Å². The molecule has 126 valence electrons. The van der Waals surface area contributed by atoms with Crippen molar-refractivity contribution in [2.45, 2.75) is 31.8 Å². The van der Waals surface area contributed by atoms with Crippen molar-refractivity contribution in [2.24, 2.45) is 5.10 Å². The summed E-state index contributed by atoms with van der Waals surface area (Å²) in [6, 6.07) is 5.63. The van der Waals surface area contributed by atoms with Gasteiger partial charge in [-0.2, -0.15) is 5.10 Å². The molecule has 6 nitrogen and oxygen atoms in total. The third-order valence-corrected chi connectivity index (χ3v) is 3.70. The number of carbonyl (C=O) groups is 1. The number of hydrogen-bond acceptors (Lipinski definition) is 4. The van der Waals surface area contributed by atoms with E-state index in [1.165, 1.54) is 12.8 Å². The number of rotatable bonds is 7. The first kappa shape index (κ1) is 17.3. The van der Waals surface area contributed by atoms with Gasteiger partial charge in [-0.3, -0.25) is 4.79 Å². The molecule has 23 heavy (non-hydrogen) atoms. The second kappa shape index (κ2) is 8.53. The lowest BCUT2D eigenvalue weighted by Gasteiger charge is -2.16. The molecule has 0 aliphatic heterocycles. The maximum absolute atomic E-state index is 11.6. The maximum atomic E-state index is 11.6. The van der Waals surface area contributed by atoms with E-state index in [1.54, 1.807) is 13.3 Å². The van der Waals surface area contributed by atoms with E-state index in [0.717, 1.165) is 29.1 Å². The van der Waals surface area contributed by atoms with Gasteiger partial charge in [0.2, 0.25) is 0 Å². The van der Waals surface area contributed by atoms with Crippen LogP contribution >= 0.6 is 0 Å². The zero-order chi connectivity index (χ0) is 16.7. The van der Waals surface area contributed by atoms with Crippen LogP contribution in [0.15, 0.2) is 23.3 Å². The van der Waals surface area contributed by atoms with Crippen molar-refractivity contribution in [1.29, 1.82) is 0 Å². The van der Waals surface area contributed by atoms with Gasteiger partial charge in [-0.05, 0) is 49.4 Å². The van der Waals surface area contributed by atoms with Crippen LogP contribution < -0.4 is 19.8 Å². The fraction of sp³-hybridized carbons (Fsp3) is 0.529. The quantitative estimate of drug-likeness (QED) is 0.571. The first-order valence-corrected chi connectivity index (χ1v) is 8.04. The normalized spacial score (nSPS) is 15.3. The number of methoxy groups -OCH3 is 1. The predicted octanol–water partition coefficient (Wildman–Crippen LogP) is 0.611. The van der Waals surface area contributed by atoms with Gasteiger partial charge >= 0.3 is 0 Å². The van der Waals surface area contributed by atoms with Crippen LogP contribution in [0.2, 0.25) is 0 Å². The number of carbonyl (C=O) groups excluding carboxylic acids is 1. The summed E-state index contributed by atoms with van der Waals surface area (Å²) in [4.78, 5) is 12.6. The minimum absolute atomic E-state index is 0.114. The molecule has 1 amide bonds. The van der Waals surface area contributed by atoms with E-state index < -0.39 is 0 Å². The zero-order valence-corrected chi connectivity index (χ0v) is 14.1. The number of benzene rings is 1. The standard InChI is InChI=1S/C17H25N3O3/c1-20(2)12-17(21)19-18-11-13-8-9-15(22-3)16(10-13)23-14-6-4-5-7-14/h8-11,14H,4-7,12H2,1-3H3,(H,19,21)/p+1. The number of nitrogens with one attached hydrogen (secondary N) is 2. The molecule has 0 atom stereocenters. The number of hydrazone groups is 1. The van der Waals surface area contributed by atoms with Gasteiger partial charge in [-0.15, -0.1) is 0 Å². The Morgan fingerprint density at radius 3 is 2.74 bits per heavy atom. The first-order valence-electron chi connectivity index (χ1n) is 8.04. The molecule has 0 unspecified atom stereocenters. The van der Waals surface area contributed by atoms with E-state index in [1.807, 2.05) is 32.3 Å². The van der Waals surface area contributed by atoms with Gasteiger partial charge in [0.05, 0.1) is 33.5 Å². The summed E-state index contributed by atoms with van der Waals surface area (Å²) >= 11 is 0. The predicted molar refractivity (Wildman–Crippen MR) is 89.3 cm³/mol. The Hall–Kier alpha value is -2.08. The van der Waals surface area contributed by atoms with Gasteiger partial charge in [0.1, 0.15) is 0 Å². The molecule has 0 aromatic heterocycles. The Kier molecular flexibility index (Phi) is 6.40. The van der Waals surface area contributed by atoms with Crippen LogP contribution in [0.3, 0.4) is 0 Å². The smallest absolute Gasteiger partial charge is 0.295 e. The molecule has 0 saturated heterocycles. The van der Waals surface area contributed by atoms with Crippen LogP contribution in [0.1, 0.15) is 31.2 Å². The third kappa shape index (κ3) is 5.56. The molecular weight excluding hydrogens is 294 g/mol. The Bertz CT molecular complexity index is 552. The summed E-state index contributed by atoms with van der Waals surface area (Å²) < 4.78 is 11.4. The molecule has 1 aromatic carbocycles. The van der Waals surface area contributed by atoms with Crippen molar-refractivity contribution in [3.8, 4) is 11.5 Å². The lowest BCUT2D eigenvalue weighted by atomic mass is 10.2. The van der Waals surface area contributed by atoms with E-state index in [-0.39, 0.29) is 12.0 Å². The van der Waals surface area contributed by atoms with Gasteiger partial charge in [-0.1, -0.05) is 0 Å². The van der Waals surface area contributed by atoms with E-state index in [0.29, 0.717) is 12.3 Å². The summed E-state index contributed by atoms with van der Waals surface area (Å²) in [5.41, 5.74) is 3.38. The number of likely N-dealkylation sites (N-methyl/N-ethyl adjacent to an activating group) is 1. The zero-order valence-electron chi connectivity index (χ0n) is 14.1. The highest BCUT2D eigenvalue weighted by Crippen LogP contribution is 2.32. The van der Waals surface area contributed by atoms with Crippen LogP contribution in [0, 0.1) is 0 Å². The van der Waals surface area contributed by atoms with E-state index >= 15 is 0 Å². The number of amides is 1. The molecule has 2 N–H and O–H groups in total. The van der Waals surface area contributed by atoms with Crippen molar-refractivity contribution in [3.05, 3.63) is 23.8 Å². The molecule has 0 radical (unpaired) electrons. The fourth-order valence-electron chi connectivity index (χ4n) is 2.59. The van der Waals surface area contributed by atoms with Crippen molar-refractivity contribution in [1.82, 2.24) is 5.43 Å². The van der Waals surface area contributed by atoms with Gasteiger partial charge in [-0.25, -0.2) is 5.43 Å². The molecule has 1 aliphatic carbocycles. The molecule has 1 aromatic rings. The molecule has 1 saturated carbocycles. The topological polar surface area (TPSA) is 64.4 Å². The third-order valence-electron chi connectivity index (χ3n) is 3.70. The molecule has 2 rings (SSSR count). The highest BCUT2D eigenvalue weighted by atomic mass is 16.5. The second-order valence-corrected chi connectivity index (χ2v) is 6.11. The van der Waals surface area contributed by atoms with E-state index in [9.17, 15) is 4.79 Å². The van der Waals surface area contributed by atoms with E-state index in [4.69, 9.17) is 9.47 Å². The molecule has 1 fully saturated rings. The maximum Gasteiger partial charge on any atom is 0.295 e. The lowest BCUT2D eigenvalue weighted by molar-refractivity contribution is -0.849. The average molecular weight is 320 g/mol. The SMILES string of the molecule is COc1ccc(C=NNC(=O)C[NH+](C)C)cc1OC1CCCC1. The average Bonchev–Trinajstić information content (AvgIpc) is 3.00. The summed E-state index contributed by atoms with van der Waals surface area (Å²) in [5.74, 6) is 1.33. The molecule has 1 aliphatic rings. The van der Waals surface area contributed by atoms with E-state index in [2.05, 4.69) is 10.5 Å². The van der Waals surface area contributed by atoms with Crippen LogP contribution in [-0.4, -0.2) is 46.0 Å². The minimum atomic E-state index is -0.114. The van der Waals surface area contributed by atoms with Gasteiger partial charge in [0.15, 0.2) is 18.0 Å². The molecule has 0 spiro atoms. The van der Waals surface area contributed by atoms with Crippen molar-refractivity contribution >= 4 is 12.1 Å². The van der Waals surface area contributed by atoms with Gasteiger partial charge in [0.25, 0.3) is 5.91 Å². The number of hydrogen-bond donors (Lipinski definition) is 2. The summed E-state index contributed by atoms with van der Waals surface area (Å²) in [6.07, 6.45) is 6.49. The Labute approximate surface area is 137 Å². The van der Waals surface area contributed by atoms with Gasteiger partial charge < -0.3 is 14.4 Å². The summed E-state index contributed by atoms with van der Waals surface area (Å²) in [5, 5.41) is 3.99. The van der Waals surface area contributed by atoms with Crippen molar-refractivity contribution in [2.75, 3.05) is 27.7 Å². The number of nitrogens with zero attached hydrogens (tertiary/aromatic N) is 1. The molecule has 0 heterocycles. The fourth-order valence-corrected chi connectivity index (χ4v) is 2.59. The Morgan fingerprint density at radius 2 is 2.09 bits per heavy atom. The highest BCUT2D eigenvalue weighted by molar-refractivity contribution is 5.83. The Balaban J connectivity index is 2.00. The lowest BCUT2D eigenvalue weighted by Crippen LogP contribution is -3.07.